The zero-order valence-electron chi connectivity index (χ0n) is 18.1. The Bertz CT molecular complexity index is 698. The Hall–Kier alpha value is -0.830. The Morgan fingerprint density at radius 1 is 1.00 bits per heavy atom. The van der Waals surface area contributed by atoms with Crippen LogP contribution in [-0.2, 0) is 6.42 Å². The topological polar surface area (TPSA) is 52.0 Å². The predicted octanol–water partition coefficient (Wildman–Crippen LogP) is 6.08. The maximum Gasteiger partial charge on any atom is 0.137 e. The van der Waals surface area contributed by atoms with E-state index in [9.17, 15) is 0 Å². The highest BCUT2D eigenvalue weighted by atomic mass is 16.5. The van der Waals surface area contributed by atoms with Crippen molar-refractivity contribution in [2.75, 3.05) is 6.54 Å². The number of fused-ring (bicyclic) bond motifs is 5. The first-order valence-corrected chi connectivity index (χ1v) is 12.2. The van der Waals surface area contributed by atoms with Crippen molar-refractivity contribution in [3.63, 3.8) is 0 Å². The molecule has 1 aromatic rings. The Balaban J connectivity index is 1.37. The van der Waals surface area contributed by atoms with Gasteiger partial charge in [-0.3, -0.25) is 0 Å². The van der Waals surface area contributed by atoms with Gasteiger partial charge in [0.1, 0.15) is 5.76 Å². The van der Waals surface area contributed by atoms with Crippen LogP contribution < -0.4 is 5.73 Å². The van der Waals surface area contributed by atoms with Crippen molar-refractivity contribution in [3.8, 4) is 0 Å². The third kappa shape index (κ3) is 2.82. The lowest BCUT2D eigenvalue weighted by Gasteiger charge is -2.60. The molecule has 0 aromatic carbocycles. The van der Waals surface area contributed by atoms with Gasteiger partial charge in [0, 0.05) is 18.4 Å². The molecule has 0 aliphatic heterocycles. The molecule has 1 unspecified atom stereocenters. The molecule has 28 heavy (non-hydrogen) atoms. The molecule has 4 fully saturated rings. The molecule has 0 bridgehead atoms. The van der Waals surface area contributed by atoms with E-state index in [2.05, 4.69) is 25.1 Å². The first-order valence-electron chi connectivity index (χ1n) is 12.2. The summed E-state index contributed by atoms with van der Waals surface area (Å²) in [7, 11) is 0. The molecule has 3 heteroatoms. The van der Waals surface area contributed by atoms with Crippen LogP contribution in [0.5, 0.6) is 0 Å². The second kappa shape index (κ2) is 7.15. The maximum absolute atomic E-state index is 5.69. The summed E-state index contributed by atoms with van der Waals surface area (Å²) in [5.74, 6) is 5.51. The predicted molar refractivity (Wildman–Crippen MR) is 113 cm³/mol. The van der Waals surface area contributed by atoms with Gasteiger partial charge in [-0.2, -0.15) is 0 Å². The van der Waals surface area contributed by atoms with Crippen LogP contribution >= 0.6 is 0 Å². The van der Waals surface area contributed by atoms with Crippen molar-refractivity contribution in [1.82, 2.24) is 5.16 Å². The molecular formula is C25H40N2O. The third-order valence-corrected chi connectivity index (χ3v) is 10.1. The van der Waals surface area contributed by atoms with Crippen molar-refractivity contribution in [1.29, 1.82) is 0 Å². The minimum absolute atomic E-state index is 0.432. The van der Waals surface area contributed by atoms with Crippen LogP contribution in [0.25, 0.3) is 0 Å². The second-order valence-electron chi connectivity index (χ2n) is 11.2. The molecule has 156 valence electrons. The fourth-order valence-corrected chi connectivity index (χ4v) is 8.67. The maximum atomic E-state index is 5.69. The third-order valence-electron chi connectivity index (χ3n) is 10.1. The lowest BCUT2D eigenvalue weighted by atomic mass is 9.45. The molecular weight excluding hydrogens is 344 g/mol. The van der Waals surface area contributed by atoms with Crippen LogP contribution in [0.2, 0.25) is 0 Å². The highest BCUT2D eigenvalue weighted by molar-refractivity contribution is 5.20. The van der Waals surface area contributed by atoms with Gasteiger partial charge in [-0.15, -0.1) is 0 Å². The van der Waals surface area contributed by atoms with Crippen molar-refractivity contribution in [3.05, 3.63) is 17.5 Å². The highest BCUT2D eigenvalue weighted by Gasteiger charge is 2.60. The molecule has 4 aliphatic rings. The molecule has 1 heterocycles. The average Bonchev–Trinajstić information content (AvgIpc) is 3.29. The summed E-state index contributed by atoms with van der Waals surface area (Å²) in [5, 5.41) is 4.55. The number of nitrogens with zero attached hydrogens (tertiary/aromatic N) is 1. The Labute approximate surface area is 171 Å². The summed E-state index contributed by atoms with van der Waals surface area (Å²) in [5.41, 5.74) is 7.99. The van der Waals surface area contributed by atoms with Gasteiger partial charge in [0.15, 0.2) is 0 Å². The number of nitrogens with two attached hydrogens (primary N) is 1. The van der Waals surface area contributed by atoms with Crippen molar-refractivity contribution in [2.24, 2.45) is 40.2 Å². The van der Waals surface area contributed by atoms with Gasteiger partial charge >= 0.3 is 0 Å². The van der Waals surface area contributed by atoms with Crippen molar-refractivity contribution in [2.45, 2.75) is 96.8 Å². The van der Waals surface area contributed by atoms with Crippen LogP contribution in [0.1, 0.15) is 102 Å². The molecule has 4 saturated carbocycles. The van der Waals surface area contributed by atoms with E-state index in [1.54, 1.807) is 0 Å². The lowest BCUT2D eigenvalue weighted by molar-refractivity contribution is -0.106. The standard InChI is InChI=1S/C25H40N2O/c1-24-13-4-3-6-17(24)8-9-19-20-10-11-22(25(20,2)14-12-21(19)24)23-16-18(28-27-23)7-5-15-26/h16-17,19-22H,3-15,26H2,1-2H3/t17?,19-,20-,21-,22+,24-,25-/m0/s1. The average molecular weight is 385 g/mol. The first kappa shape index (κ1) is 19.2. The van der Waals surface area contributed by atoms with Crippen molar-refractivity contribution < 1.29 is 4.52 Å². The zero-order valence-corrected chi connectivity index (χ0v) is 18.1. The molecule has 0 amide bonds. The first-order chi connectivity index (χ1) is 13.6. The minimum atomic E-state index is 0.432. The molecule has 5 rings (SSSR count). The normalized spacial score (nSPS) is 45.3. The number of aryl methyl sites for hydroxylation is 1. The number of rotatable bonds is 4. The Kier molecular flexibility index (Phi) is 4.89. The van der Waals surface area contributed by atoms with Gasteiger partial charge in [0.05, 0.1) is 5.69 Å². The van der Waals surface area contributed by atoms with E-state index in [-0.39, 0.29) is 0 Å². The summed E-state index contributed by atoms with van der Waals surface area (Å²) < 4.78 is 5.69. The number of hydrogen-bond donors (Lipinski definition) is 1. The summed E-state index contributed by atoms with van der Waals surface area (Å²) in [4.78, 5) is 0. The molecule has 1 aromatic heterocycles. The van der Waals surface area contributed by atoms with E-state index in [4.69, 9.17) is 10.3 Å². The summed E-state index contributed by atoms with van der Waals surface area (Å²) in [6.07, 6.45) is 16.5. The molecule has 3 nitrogen and oxygen atoms in total. The van der Waals surface area contributed by atoms with Crippen molar-refractivity contribution >= 4 is 0 Å². The van der Waals surface area contributed by atoms with Gasteiger partial charge in [-0.05, 0) is 98.8 Å². The van der Waals surface area contributed by atoms with E-state index in [0.29, 0.717) is 16.7 Å². The van der Waals surface area contributed by atoms with Crippen LogP contribution in [0.15, 0.2) is 10.6 Å². The fourth-order valence-electron chi connectivity index (χ4n) is 8.67. The van der Waals surface area contributed by atoms with E-state index >= 15 is 0 Å². The van der Waals surface area contributed by atoms with E-state index in [1.807, 2.05) is 0 Å². The minimum Gasteiger partial charge on any atom is -0.361 e. The van der Waals surface area contributed by atoms with E-state index in [0.717, 1.165) is 48.8 Å². The van der Waals surface area contributed by atoms with Crippen LogP contribution in [0.3, 0.4) is 0 Å². The lowest BCUT2D eigenvalue weighted by Crippen LogP contribution is -2.52. The fraction of sp³-hybridized carbons (Fsp3) is 0.880. The van der Waals surface area contributed by atoms with E-state index < -0.39 is 0 Å². The molecule has 0 radical (unpaired) electrons. The van der Waals surface area contributed by atoms with Gasteiger partial charge in [-0.25, -0.2) is 0 Å². The summed E-state index contributed by atoms with van der Waals surface area (Å²) >= 11 is 0. The van der Waals surface area contributed by atoms with Gasteiger partial charge in [-0.1, -0.05) is 31.8 Å². The molecule has 4 aliphatic carbocycles. The number of hydrogen-bond acceptors (Lipinski definition) is 3. The smallest absolute Gasteiger partial charge is 0.137 e. The number of aromatic nitrogens is 1. The second-order valence-corrected chi connectivity index (χ2v) is 11.2. The molecule has 7 atom stereocenters. The molecule has 0 spiro atoms. The molecule has 0 saturated heterocycles. The van der Waals surface area contributed by atoms with Gasteiger partial charge in [0.25, 0.3) is 0 Å². The largest absolute Gasteiger partial charge is 0.361 e. The zero-order chi connectivity index (χ0) is 19.4. The SMILES string of the molecule is C[C@]12CC[C@H]3[C@@H](CCC4CCCC[C@@]43C)[C@@H]1CC[C@@H]2c1cc(CCCN)on1. The Morgan fingerprint density at radius 2 is 1.86 bits per heavy atom. The van der Waals surface area contributed by atoms with Gasteiger partial charge < -0.3 is 10.3 Å². The van der Waals surface area contributed by atoms with Crippen LogP contribution in [0, 0.1) is 34.5 Å². The monoisotopic (exact) mass is 384 g/mol. The van der Waals surface area contributed by atoms with E-state index in [1.165, 1.54) is 69.9 Å². The van der Waals surface area contributed by atoms with Crippen LogP contribution in [0.4, 0.5) is 0 Å². The highest BCUT2D eigenvalue weighted by Crippen LogP contribution is 2.68. The Morgan fingerprint density at radius 3 is 2.71 bits per heavy atom. The quantitative estimate of drug-likeness (QED) is 0.684. The molecule has 2 N–H and O–H groups in total. The van der Waals surface area contributed by atoms with Gasteiger partial charge in [0.2, 0.25) is 0 Å². The summed E-state index contributed by atoms with van der Waals surface area (Å²) in [6, 6.07) is 2.26. The summed E-state index contributed by atoms with van der Waals surface area (Å²) in [6.45, 7) is 6.02. The van der Waals surface area contributed by atoms with Crippen LogP contribution in [-0.4, -0.2) is 11.7 Å².